The third-order valence-corrected chi connectivity index (χ3v) is 5.58. The molecule has 0 saturated heterocycles. The molecule has 1 aliphatic carbocycles. The Kier molecular flexibility index (Phi) is 6.82. The molecule has 19 heavy (non-hydrogen) atoms. The van der Waals surface area contributed by atoms with Gasteiger partial charge in [-0.15, -0.1) is 0 Å². The molecule has 0 aromatic rings. The smallest absolute Gasteiger partial charge is 0.0251 e. The summed E-state index contributed by atoms with van der Waals surface area (Å²) < 4.78 is 0. The first kappa shape index (κ1) is 17.0. The van der Waals surface area contributed by atoms with Crippen LogP contribution in [0.15, 0.2) is 0 Å². The van der Waals surface area contributed by atoms with Gasteiger partial charge in [-0.25, -0.2) is 0 Å². The van der Waals surface area contributed by atoms with Crippen molar-refractivity contribution >= 4 is 0 Å². The molecule has 114 valence electrons. The van der Waals surface area contributed by atoms with Crippen LogP contribution in [-0.2, 0) is 0 Å². The van der Waals surface area contributed by atoms with Gasteiger partial charge >= 0.3 is 0 Å². The van der Waals surface area contributed by atoms with E-state index in [-0.39, 0.29) is 0 Å². The number of nitrogens with zero attached hydrogens (tertiary/aromatic N) is 1. The fraction of sp³-hybridized carbons (Fsp3) is 1.00. The summed E-state index contributed by atoms with van der Waals surface area (Å²) in [5.41, 5.74) is 0.503. The van der Waals surface area contributed by atoms with E-state index >= 15 is 0 Å². The topological polar surface area (TPSA) is 15.3 Å². The van der Waals surface area contributed by atoms with E-state index < -0.39 is 0 Å². The molecule has 3 atom stereocenters. The van der Waals surface area contributed by atoms with Crippen LogP contribution in [0.25, 0.3) is 0 Å². The Labute approximate surface area is 121 Å². The highest BCUT2D eigenvalue weighted by Crippen LogP contribution is 2.41. The molecule has 1 rings (SSSR count). The molecule has 0 amide bonds. The van der Waals surface area contributed by atoms with E-state index in [9.17, 15) is 0 Å². The first-order valence-electron chi connectivity index (χ1n) is 8.47. The molecule has 2 nitrogen and oxygen atoms in total. The highest BCUT2D eigenvalue weighted by molar-refractivity contribution is 4.94. The summed E-state index contributed by atoms with van der Waals surface area (Å²) in [6.45, 7) is 17.6. The minimum Gasteiger partial charge on any atom is -0.313 e. The standard InChI is InChI=1S/C17H36N2/c1-7-17(5,6)14-11-12-15(18-8-2)16(13-14)19(9-3)10-4/h14-16,18H,7-13H2,1-6H3. The molecule has 1 N–H and O–H groups in total. The zero-order valence-corrected chi connectivity index (χ0v) is 14.1. The Morgan fingerprint density at radius 1 is 1.05 bits per heavy atom. The zero-order chi connectivity index (χ0) is 14.5. The molecule has 0 aromatic carbocycles. The minimum atomic E-state index is 0.503. The van der Waals surface area contributed by atoms with Crippen LogP contribution in [0.4, 0.5) is 0 Å². The van der Waals surface area contributed by atoms with Crippen LogP contribution in [0.2, 0.25) is 0 Å². The number of hydrogen-bond acceptors (Lipinski definition) is 2. The second kappa shape index (κ2) is 7.64. The van der Waals surface area contributed by atoms with Gasteiger partial charge in [0, 0.05) is 12.1 Å². The van der Waals surface area contributed by atoms with Gasteiger partial charge in [0.15, 0.2) is 0 Å². The van der Waals surface area contributed by atoms with Crippen molar-refractivity contribution in [1.29, 1.82) is 0 Å². The first-order valence-corrected chi connectivity index (χ1v) is 8.47. The highest BCUT2D eigenvalue weighted by Gasteiger charge is 2.38. The monoisotopic (exact) mass is 268 g/mol. The average Bonchev–Trinajstić information content (AvgIpc) is 2.42. The zero-order valence-electron chi connectivity index (χ0n) is 14.1. The molecule has 1 fully saturated rings. The summed E-state index contributed by atoms with van der Waals surface area (Å²) in [5, 5.41) is 3.73. The Hall–Kier alpha value is -0.0800. The van der Waals surface area contributed by atoms with E-state index in [1.165, 1.54) is 38.8 Å². The van der Waals surface area contributed by atoms with Crippen molar-refractivity contribution in [1.82, 2.24) is 10.2 Å². The second-order valence-electron chi connectivity index (χ2n) is 6.80. The van der Waals surface area contributed by atoms with Crippen molar-refractivity contribution in [3.8, 4) is 0 Å². The number of rotatable bonds is 7. The summed E-state index contributed by atoms with van der Waals surface area (Å²) in [4.78, 5) is 2.67. The lowest BCUT2D eigenvalue weighted by atomic mass is 9.67. The normalized spacial score (nSPS) is 28.9. The van der Waals surface area contributed by atoms with Crippen LogP contribution < -0.4 is 5.32 Å². The summed E-state index contributed by atoms with van der Waals surface area (Å²) in [6.07, 6.45) is 5.42. The SMILES string of the molecule is CCNC1CCC(C(C)(C)CC)CC1N(CC)CC. The quantitative estimate of drug-likeness (QED) is 0.753. The van der Waals surface area contributed by atoms with E-state index in [2.05, 4.69) is 51.8 Å². The summed E-state index contributed by atoms with van der Waals surface area (Å²) in [7, 11) is 0. The van der Waals surface area contributed by atoms with E-state index in [0.29, 0.717) is 11.5 Å². The van der Waals surface area contributed by atoms with Crippen molar-refractivity contribution in [2.45, 2.75) is 79.3 Å². The largest absolute Gasteiger partial charge is 0.313 e. The molecular weight excluding hydrogens is 232 g/mol. The molecular formula is C17H36N2. The molecule has 1 aliphatic rings. The molecule has 0 aliphatic heterocycles. The van der Waals surface area contributed by atoms with E-state index in [4.69, 9.17) is 0 Å². The maximum absolute atomic E-state index is 3.73. The summed E-state index contributed by atoms with van der Waals surface area (Å²) in [6, 6.07) is 1.44. The number of likely N-dealkylation sites (N-methyl/N-ethyl adjacent to an activating group) is 2. The fourth-order valence-electron chi connectivity index (χ4n) is 3.74. The van der Waals surface area contributed by atoms with Crippen molar-refractivity contribution < 1.29 is 0 Å². The van der Waals surface area contributed by atoms with Crippen molar-refractivity contribution in [2.24, 2.45) is 11.3 Å². The summed E-state index contributed by atoms with van der Waals surface area (Å²) >= 11 is 0. The lowest BCUT2D eigenvalue weighted by Gasteiger charge is -2.47. The van der Waals surface area contributed by atoms with Gasteiger partial charge in [-0.05, 0) is 50.2 Å². The Morgan fingerprint density at radius 2 is 1.68 bits per heavy atom. The van der Waals surface area contributed by atoms with Gasteiger partial charge in [-0.1, -0.05) is 48.0 Å². The van der Waals surface area contributed by atoms with Crippen molar-refractivity contribution in [2.75, 3.05) is 19.6 Å². The molecule has 0 heterocycles. The van der Waals surface area contributed by atoms with Gasteiger partial charge < -0.3 is 5.32 Å². The Balaban J connectivity index is 2.78. The third kappa shape index (κ3) is 4.19. The highest BCUT2D eigenvalue weighted by atomic mass is 15.2. The van der Waals surface area contributed by atoms with Gasteiger partial charge in [0.2, 0.25) is 0 Å². The average molecular weight is 268 g/mol. The molecule has 0 spiro atoms. The van der Waals surface area contributed by atoms with Gasteiger partial charge in [0.1, 0.15) is 0 Å². The van der Waals surface area contributed by atoms with Crippen LogP contribution in [0, 0.1) is 11.3 Å². The number of nitrogens with one attached hydrogen (secondary N) is 1. The second-order valence-corrected chi connectivity index (χ2v) is 6.80. The first-order chi connectivity index (χ1) is 9.00. The number of hydrogen-bond donors (Lipinski definition) is 1. The summed E-state index contributed by atoms with van der Waals surface area (Å²) in [5.74, 6) is 0.887. The van der Waals surface area contributed by atoms with Crippen LogP contribution in [0.3, 0.4) is 0 Å². The fourth-order valence-corrected chi connectivity index (χ4v) is 3.74. The van der Waals surface area contributed by atoms with Crippen LogP contribution >= 0.6 is 0 Å². The lowest BCUT2D eigenvalue weighted by Crippen LogP contribution is -2.54. The van der Waals surface area contributed by atoms with Gasteiger partial charge in [-0.2, -0.15) is 0 Å². The molecule has 0 bridgehead atoms. The van der Waals surface area contributed by atoms with Gasteiger partial charge in [-0.3, -0.25) is 4.90 Å². The third-order valence-electron chi connectivity index (χ3n) is 5.58. The van der Waals surface area contributed by atoms with Gasteiger partial charge in [0.05, 0.1) is 0 Å². The van der Waals surface area contributed by atoms with E-state index in [1.54, 1.807) is 0 Å². The van der Waals surface area contributed by atoms with Crippen molar-refractivity contribution in [3.05, 3.63) is 0 Å². The predicted molar refractivity (Wildman–Crippen MR) is 85.6 cm³/mol. The molecule has 1 saturated carbocycles. The molecule has 2 heteroatoms. The molecule has 3 unspecified atom stereocenters. The van der Waals surface area contributed by atoms with Crippen molar-refractivity contribution in [3.63, 3.8) is 0 Å². The molecule has 0 radical (unpaired) electrons. The maximum atomic E-state index is 3.73. The predicted octanol–water partition coefficient (Wildman–Crippen LogP) is 3.91. The minimum absolute atomic E-state index is 0.503. The van der Waals surface area contributed by atoms with Crippen LogP contribution in [0.1, 0.15) is 67.2 Å². The van der Waals surface area contributed by atoms with Crippen LogP contribution in [-0.4, -0.2) is 36.6 Å². The maximum Gasteiger partial charge on any atom is 0.0251 e. The lowest BCUT2D eigenvalue weighted by molar-refractivity contribution is 0.0552. The Bertz CT molecular complexity index is 246. The molecule has 0 aromatic heterocycles. The van der Waals surface area contributed by atoms with E-state index in [0.717, 1.165) is 18.5 Å². The van der Waals surface area contributed by atoms with Crippen LogP contribution in [0.5, 0.6) is 0 Å². The Morgan fingerprint density at radius 3 is 2.16 bits per heavy atom. The van der Waals surface area contributed by atoms with Gasteiger partial charge in [0.25, 0.3) is 0 Å². The van der Waals surface area contributed by atoms with E-state index in [1.807, 2.05) is 0 Å².